The van der Waals surface area contributed by atoms with Gasteiger partial charge in [-0.15, -0.1) is 0 Å². The molecular formula is C16H22N2O3. The summed E-state index contributed by atoms with van der Waals surface area (Å²) in [7, 11) is 0. The third-order valence-electron chi connectivity index (χ3n) is 3.89. The molecule has 0 spiro atoms. The molecule has 1 aromatic rings. The Morgan fingerprint density at radius 3 is 2.76 bits per heavy atom. The summed E-state index contributed by atoms with van der Waals surface area (Å²) in [6.45, 7) is 4.75. The van der Waals surface area contributed by atoms with Crippen molar-refractivity contribution in [3.05, 3.63) is 23.8 Å². The predicted molar refractivity (Wildman–Crippen MR) is 79.6 cm³/mol. The van der Waals surface area contributed by atoms with Crippen molar-refractivity contribution in [2.75, 3.05) is 26.3 Å². The van der Waals surface area contributed by atoms with Gasteiger partial charge in [0.25, 0.3) is 0 Å². The maximum atomic E-state index is 11.5. The smallest absolute Gasteiger partial charge is 0.223 e. The molecule has 0 aromatic heterocycles. The third-order valence-corrected chi connectivity index (χ3v) is 3.89. The van der Waals surface area contributed by atoms with Gasteiger partial charge in [-0.05, 0) is 37.5 Å². The van der Waals surface area contributed by atoms with Crippen LogP contribution in [-0.4, -0.2) is 32.2 Å². The van der Waals surface area contributed by atoms with E-state index in [-0.39, 0.29) is 17.9 Å². The number of carbonyl (C=O) groups is 1. The lowest BCUT2D eigenvalue weighted by Gasteiger charge is -2.21. The molecule has 1 saturated carbocycles. The van der Waals surface area contributed by atoms with Gasteiger partial charge in [-0.2, -0.15) is 0 Å². The first-order chi connectivity index (χ1) is 10.2. The van der Waals surface area contributed by atoms with Crippen molar-refractivity contribution in [2.24, 2.45) is 5.92 Å². The molecular weight excluding hydrogens is 268 g/mol. The minimum atomic E-state index is 0.198. The maximum Gasteiger partial charge on any atom is 0.223 e. The molecule has 114 valence electrons. The fourth-order valence-corrected chi connectivity index (χ4v) is 2.41. The Kier molecular flexibility index (Phi) is 4.29. The molecule has 5 nitrogen and oxygen atoms in total. The summed E-state index contributed by atoms with van der Waals surface area (Å²) in [5.41, 5.74) is 1.16. The highest BCUT2D eigenvalue weighted by molar-refractivity contribution is 5.80. The topological polar surface area (TPSA) is 59.6 Å². The van der Waals surface area contributed by atoms with Gasteiger partial charge in [0, 0.05) is 25.0 Å². The number of rotatable bonds is 6. The second kappa shape index (κ2) is 6.35. The van der Waals surface area contributed by atoms with E-state index in [0.717, 1.165) is 36.4 Å². The van der Waals surface area contributed by atoms with E-state index in [1.54, 1.807) is 0 Å². The number of nitrogens with one attached hydrogen (secondary N) is 2. The molecule has 1 aliphatic carbocycles. The number of hydrogen-bond acceptors (Lipinski definition) is 4. The molecule has 1 heterocycles. The second-order valence-electron chi connectivity index (χ2n) is 5.64. The lowest BCUT2D eigenvalue weighted by atomic mass is 10.1. The Hall–Kier alpha value is -1.75. The van der Waals surface area contributed by atoms with Crippen LogP contribution in [0.1, 0.15) is 31.4 Å². The first-order valence-corrected chi connectivity index (χ1v) is 7.64. The Morgan fingerprint density at radius 1 is 1.24 bits per heavy atom. The van der Waals surface area contributed by atoms with Crippen LogP contribution in [0.15, 0.2) is 18.2 Å². The van der Waals surface area contributed by atoms with Crippen molar-refractivity contribution < 1.29 is 14.3 Å². The summed E-state index contributed by atoms with van der Waals surface area (Å²) in [5.74, 6) is 2.10. The van der Waals surface area contributed by atoms with Gasteiger partial charge in [0.1, 0.15) is 13.2 Å². The highest BCUT2D eigenvalue weighted by Gasteiger charge is 2.28. The summed E-state index contributed by atoms with van der Waals surface area (Å²) in [5, 5.41) is 6.36. The van der Waals surface area contributed by atoms with Crippen LogP contribution in [0.3, 0.4) is 0 Å². The van der Waals surface area contributed by atoms with E-state index in [2.05, 4.69) is 17.6 Å². The van der Waals surface area contributed by atoms with Crippen LogP contribution in [0.2, 0.25) is 0 Å². The molecule has 1 unspecified atom stereocenters. The number of fused-ring (bicyclic) bond motifs is 1. The normalized spacial score (nSPS) is 18.1. The number of ether oxygens (including phenoxy) is 2. The Labute approximate surface area is 125 Å². The van der Waals surface area contributed by atoms with Crippen LogP contribution in [0, 0.1) is 5.92 Å². The van der Waals surface area contributed by atoms with Crippen LogP contribution in [0.25, 0.3) is 0 Å². The molecule has 1 aromatic carbocycles. The highest BCUT2D eigenvalue weighted by atomic mass is 16.6. The summed E-state index contributed by atoms with van der Waals surface area (Å²) >= 11 is 0. The lowest BCUT2D eigenvalue weighted by molar-refractivity contribution is -0.122. The van der Waals surface area contributed by atoms with Crippen LogP contribution in [-0.2, 0) is 4.79 Å². The molecule has 1 fully saturated rings. The Balaban J connectivity index is 1.46. The number of benzene rings is 1. The lowest BCUT2D eigenvalue weighted by Crippen LogP contribution is -2.33. The van der Waals surface area contributed by atoms with E-state index >= 15 is 0 Å². The summed E-state index contributed by atoms with van der Waals surface area (Å²) < 4.78 is 11.1. The van der Waals surface area contributed by atoms with Crippen LogP contribution < -0.4 is 20.1 Å². The monoisotopic (exact) mass is 290 g/mol. The van der Waals surface area contributed by atoms with Gasteiger partial charge in [0.05, 0.1) is 0 Å². The van der Waals surface area contributed by atoms with Gasteiger partial charge >= 0.3 is 0 Å². The molecule has 1 atom stereocenters. The van der Waals surface area contributed by atoms with Crippen LogP contribution in [0.4, 0.5) is 0 Å². The molecule has 0 saturated heterocycles. The molecule has 3 rings (SSSR count). The van der Waals surface area contributed by atoms with Gasteiger partial charge < -0.3 is 20.1 Å². The number of amides is 1. The van der Waals surface area contributed by atoms with Crippen LogP contribution in [0.5, 0.6) is 11.5 Å². The first kappa shape index (κ1) is 14.2. The van der Waals surface area contributed by atoms with E-state index in [1.807, 2.05) is 18.2 Å². The molecule has 0 bridgehead atoms. The van der Waals surface area contributed by atoms with E-state index in [9.17, 15) is 4.79 Å². The molecule has 21 heavy (non-hydrogen) atoms. The summed E-state index contributed by atoms with van der Waals surface area (Å²) in [6.07, 6.45) is 2.10. The Morgan fingerprint density at radius 2 is 2.00 bits per heavy atom. The highest BCUT2D eigenvalue weighted by Crippen LogP contribution is 2.32. The summed E-state index contributed by atoms with van der Waals surface area (Å²) in [4.78, 5) is 11.5. The average Bonchev–Trinajstić information content (AvgIpc) is 3.35. The van der Waals surface area contributed by atoms with Gasteiger partial charge in [-0.25, -0.2) is 0 Å². The van der Waals surface area contributed by atoms with Gasteiger partial charge in [-0.1, -0.05) is 6.07 Å². The zero-order valence-corrected chi connectivity index (χ0v) is 12.4. The van der Waals surface area contributed by atoms with Gasteiger partial charge in [0.15, 0.2) is 11.5 Å². The Bertz CT molecular complexity index is 514. The van der Waals surface area contributed by atoms with E-state index < -0.39 is 0 Å². The average molecular weight is 290 g/mol. The molecule has 1 aliphatic heterocycles. The fourth-order valence-electron chi connectivity index (χ4n) is 2.41. The van der Waals surface area contributed by atoms with Crippen molar-refractivity contribution in [1.29, 1.82) is 0 Å². The van der Waals surface area contributed by atoms with Crippen molar-refractivity contribution in [2.45, 2.75) is 25.8 Å². The maximum absolute atomic E-state index is 11.5. The quantitative estimate of drug-likeness (QED) is 0.782. The third kappa shape index (κ3) is 3.67. The molecule has 1 amide bonds. The molecule has 2 N–H and O–H groups in total. The molecule has 2 aliphatic rings. The minimum Gasteiger partial charge on any atom is -0.486 e. The van der Waals surface area contributed by atoms with Crippen molar-refractivity contribution in [3.63, 3.8) is 0 Å². The SMILES string of the molecule is CC(NCCNC(=O)C1CC1)c1ccc2c(c1)OCCO2. The number of carbonyl (C=O) groups excluding carboxylic acids is 1. The van der Waals surface area contributed by atoms with Crippen molar-refractivity contribution in [3.8, 4) is 11.5 Å². The van der Waals surface area contributed by atoms with E-state index in [4.69, 9.17) is 9.47 Å². The standard InChI is InChI=1S/C16H22N2O3/c1-11(17-6-7-18-16(19)12-2-3-12)13-4-5-14-15(10-13)21-9-8-20-14/h4-5,10-12,17H,2-3,6-9H2,1H3,(H,18,19). The number of hydrogen-bond donors (Lipinski definition) is 2. The zero-order valence-electron chi connectivity index (χ0n) is 12.4. The molecule has 5 heteroatoms. The van der Waals surface area contributed by atoms with Crippen molar-refractivity contribution >= 4 is 5.91 Å². The van der Waals surface area contributed by atoms with E-state index in [0.29, 0.717) is 19.8 Å². The van der Waals surface area contributed by atoms with Crippen molar-refractivity contribution in [1.82, 2.24) is 10.6 Å². The fraction of sp³-hybridized carbons (Fsp3) is 0.562. The van der Waals surface area contributed by atoms with E-state index in [1.165, 1.54) is 0 Å². The first-order valence-electron chi connectivity index (χ1n) is 7.64. The molecule has 0 radical (unpaired) electrons. The van der Waals surface area contributed by atoms with Gasteiger partial charge in [0.2, 0.25) is 5.91 Å². The zero-order chi connectivity index (χ0) is 14.7. The van der Waals surface area contributed by atoms with Gasteiger partial charge in [-0.3, -0.25) is 4.79 Å². The predicted octanol–water partition coefficient (Wildman–Crippen LogP) is 1.63. The largest absolute Gasteiger partial charge is 0.486 e. The summed E-state index contributed by atoms with van der Waals surface area (Å²) in [6, 6.07) is 6.23. The second-order valence-corrected chi connectivity index (χ2v) is 5.64. The minimum absolute atomic E-state index is 0.198. The van der Waals surface area contributed by atoms with Crippen LogP contribution >= 0.6 is 0 Å².